The van der Waals surface area contributed by atoms with Crippen LogP contribution in [0.1, 0.15) is 33.6 Å². The fourth-order valence-electron chi connectivity index (χ4n) is 2.56. The summed E-state index contributed by atoms with van der Waals surface area (Å²) >= 11 is 0. The van der Waals surface area contributed by atoms with Crippen LogP contribution in [0.25, 0.3) is 0 Å². The number of guanidine groups is 1. The second kappa shape index (κ2) is 10.00. The lowest BCUT2D eigenvalue weighted by Crippen LogP contribution is -2.44. The zero-order valence-electron chi connectivity index (χ0n) is 13.6. The number of ether oxygens (including phenoxy) is 1. The maximum atomic E-state index is 5.14. The van der Waals surface area contributed by atoms with E-state index in [1.165, 1.54) is 25.9 Å². The largest absolute Gasteiger partial charge is 0.383 e. The minimum atomic E-state index is 0.270. The van der Waals surface area contributed by atoms with Crippen LogP contribution in [0.5, 0.6) is 0 Å². The third kappa shape index (κ3) is 7.10. The normalized spacial score (nSPS) is 19.9. The van der Waals surface area contributed by atoms with Gasteiger partial charge in [-0.2, -0.15) is 0 Å². The van der Waals surface area contributed by atoms with E-state index in [2.05, 4.69) is 41.3 Å². The molecule has 2 unspecified atom stereocenters. The summed E-state index contributed by atoms with van der Waals surface area (Å²) in [5.41, 5.74) is 0. The zero-order chi connectivity index (χ0) is 14.8. The lowest BCUT2D eigenvalue weighted by molar-refractivity contribution is 0.179. The van der Waals surface area contributed by atoms with Gasteiger partial charge in [0.05, 0.1) is 6.61 Å². The summed E-state index contributed by atoms with van der Waals surface area (Å²) in [6.07, 6.45) is 2.71. The number of nitrogens with one attached hydrogen (secondary N) is 2. The van der Waals surface area contributed by atoms with Crippen molar-refractivity contribution in [1.82, 2.24) is 15.5 Å². The van der Waals surface area contributed by atoms with Crippen molar-refractivity contribution in [1.29, 1.82) is 0 Å². The molecule has 0 bridgehead atoms. The highest BCUT2D eigenvalue weighted by Gasteiger charge is 2.14. The van der Waals surface area contributed by atoms with Gasteiger partial charge in [-0.15, -0.1) is 0 Å². The Balaban J connectivity index is 2.35. The predicted octanol–water partition coefficient (Wildman–Crippen LogP) is 1.31. The second-order valence-electron chi connectivity index (χ2n) is 5.83. The summed E-state index contributed by atoms with van der Waals surface area (Å²) in [6, 6.07) is 0.270. The summed E-state index contributed by atoms with van der Waals surface area (Å²) in [6.45, 7) is 12.6. The minimum absolute atomic E-state index is 0.270. The number of hydrogen-bond acceptors (Lipinski definition) is 3. The SMILES string of the molecule is CCNC(=NCC(C)CN1CCCC1)NC(C)COC. The number of likely N-dealkylation sites (tertiary alicyclic amines) is 1. The van der Waals surface area contributed by atoms with E-state index in [4.69, 9.17) is 4.74 Å². The summed E-state index contributed by atoms with van der Waals surface area (Å²) < 4.78 is 5.14. The Morgan fingerprint density at radius 2 is 2.00 bits per heavy atom. The van der Waals surface area contributed by atoms with E-state index in [0.717, 1.165) is 25.6 Å². The van der Waals surface area contributed by atoms with E-state index >= 15 is 0 Å². The molecule has 5 heteroatoms. The van der Waals surface area contributed by atoms with Gasteiger partial charge in [0.15, 0.2) is 5.96 Å². The molecular formula is C15H32N4O. The third-order valence-electron chi connectivity index (χ3n) is 3.47. The van der Waals surface area contributed by atoms with Gasteiger partial charge in [-0.1, -0.05) is 6.92 Å². The van der Waals surface area contributed by atoms with Crippen LogP contribution in [0.15, 0.2) is 4.99 Å². The monoisotopic (exact) mass is 284 g/mol. The average Bonchev–Trinajstić information content (AvgIpc) is 2.89. The first-order chi connectivity index (χ1) is 9.65. The molecule has 1 aliphatic rings. The Kier molecular flexibility index (Phi) is 8.62. The van der Waals surface area contributed by atoms with Crippen LogP contribution in [-0.2, 0) is 4.74 Å². The molecule has 1 heterocycles. The first kappa shape index (κ1) is 17.2. The van der Waals surface area contributed by atoms with Crippen molar-refractivity contribution in [2.75, 3.05) is 46.4 Å². The number of methoxy groups -OCH3 is 1. The molecule has 20 heavy (non-hydrogen) atoms. The molecule has 0 aromatic rings. The van der Waals surface area contributed by atoms with E-state index in [-0.39, 0.29) is 6.04 Å². The van der Waals surface area contributed by atoms with Gasteiger partial charge in [-0.3, -0.25) is 4.99 Å². The van der Waals surface area contributed by atoms with Crippen molar-refractivity contribution in [3.63, 3.8) is 0 Å². The van der Waals surface area contributed by atoms with Crippen molar-refractivity contribution in [2.45, 2.75) is 39.7 Å². The summed E-state index contributed by atoms with van der Waals surface area (Å²) in [5.74, 6) is 1.49. The molecule has 1 fully saturated rings. The van der Waals surface area contributed by atoms with Gasteiger partial charge in [-0.25, -0.2) is 0 Å². The molecular weight excluding hydrogens is 252 g/mol. The molecule has 0 spiro atoms. The van der Waals surface area contributed by atoms with Gasteiger partial charge < -0.3 is 20.3 Å². The standard InChI is InChI=1S/C15H32N4O/c1-5-16-15(18-14(3)12-20-4)17-10-13(2)11-19-8-6-7-9-19/h13-14H,5-12H2,1-4H3,(H2,16,17,18). The lowest BCUT2D eigenvalue weighted by Gasteiger charge is -2.20. The van der Waals surface area contributed by atoms with Crippen molar-refractivity contribution in [3.05, 3.63) is 0 Å². The minimum Gasteiger partial charge on any atom is -0.383 e. The molecule has 0 aromatic carbocycles. The van der Waals surface area contributed by atoms with Crippen LogP contribution in [0.4, 0.5) is 0 Å². The molecule has 0 saturated carbocycles. The maximum absolute atomic E-state index is 5.14. The number of hydrogen-bond donors (Lipinski definition) is 2. The van der Waals surface area contributed by atoms with Gasteiger partial charge in [0.1, 0.15) is 0 Å². The van der Waals surface area contributed by atoms with Gasteiger partial charge >= 0.3 is 0 Å². The Labute approximate surface area is 124 Å². The summed E-state index contributed by atoms with van der Waals surface area (Å²) in [4.78, 5) is 7.24. The van der Waals surface area contributed by atoms with Gasteiger partial charge in [0.2, 0.25) is 0 Å². The molecule has 2 N–H and O–H groups in total. The zero-order valence-corrected chi connectivity index (χ0v) is 13.6. The molecule has 0 aromatic heterocycles. The Morgan fingerprint density at radius 3 is 2.60 bits per heavy atom. The van der Waals surface area contributed by atoms with Crippen LogP contribution < -0.4 is 10.6 Å². The van der Waals surface area contributed by atoms with Crippen molar-refractivity contribution in [3.8, 4) is 0 Å². The Hall–Kier alpha value is -0.810. The maximum Gasteiger partial charge on any atom is 0.191 e. The fraction of sp³-hybridized carbons (Fsp3) is 0.933. The van der Waals surface area contributed by atoms with E-state index < -0.39 is 0 Å². The van der Waals surface area contributed by atoms with Gasteiger partial charge in [0, 0.05) is 32.8 Å². The highest BCUT2D eigenvalue weighted by Crippen LogP contribution is 2.10. The molecule has 5 nitrogen and oxygen atoms in total. The van der Waals surface area contributed by atoms with Crippen molar-refractivity contribution < 1.29 is 4.74 Å². The molecule has 0 amide bonds. The van der Waals surface area contributed by atoms with Crippen LogP contribution in [0.3, 0.4) is 0 Å². The van der Waals surface area contributed by atoms with E-state index in [1.807, 2.05) is 0 Å². The molecule has 1 rings (SSSR count). The fourth-order valence-corrected chi connectivity index (χ4v) is 2.56. The molecule has 1 aliphatic heterocycles. The third-order valence-corrected chi connectivity index (χ3v) is 3.47. The van der Waals surface area contributed by atoms with Crippen LogP contribution in [-0.4, -0.2) is 63.3 Å². The summed E-state index contributed by atoms with van der Waals surface area (Å²) in [7, 11) is 1.72. The van der Waals surface area contributed by atoms with E-state index in [9.17, 15) is 0 Å². The van der Waals surface area contributed by atoms with Gasteiger partial charge in [-0.05, 0) is 45.7 Å². The smallest absolute Gasteiger partial charge is 0.191 e. The first-order valence-corrected chi connectivity index (χ1v) is 7.91. The van der Waals surface area contributed by atoms with Crippen LogP contribution in [0, 0.1) is 5.92 Å². The molecule has 0 aliphatic carbocycles. The highest BCUT2D eigenvalue weighted by molar-refractivity contribution is 5.80. The quantitative estimate of drug-likeness (QED) is 0.521. The van der Waals surface area contributed by atoms with Crippen molar-refractivity contribution in [2.24, 2.45) is 10.9 Å². The lowest BCUT2D eigenvalue weighted by atomic mass is 10.2. The van der Waals surface area contributed by atoms with Gasteiger partial charge in [0.25, 0.3) is 0 Å². The van der Waals surface area contributed by atoms with Crippen LogP contribution >= 0.6 is 0 Å². The molecule has 118 valence electrons. The Morgan fingerprint density at radius 1 is 1.30 bits per heavy atom. The van der Waals surface area contributed by atoms with E-state index in [1.54, 1.807) is 7.11 Å². The molecule has 1 saturated heterocycles. The molecule has 0 radical (unpaired) electrons. The van der Waals surface area contributed by atoms with E-state index in [0.29, 0.717) is 12.5 Å². The second-order valence-corrected chi connectivity index (χ2v) is 5.83. The number of rotatable bonds is 8. The molecule has 2 atom stereocenters. The number of aliphatic imine (C=N–C) groups is 1. The van der Waals surface area contributed by atoms with Crippen molar-refractivity contribution >= 4 is 5.96 Å². The average molecular weight is 284 g/mol. The Bertz CT molecular complexity index is 277. The predicted molar refractivity (Wildman–Crippen MR) is 85.3 cm³/mol. The topological polar surface area (TPSA) is 48.9 Å². The summed E-state index contributed by atoms with van der Waals surface area (Å²) in [5, 5.41) is 6.66. The van der Waals surface area contributed by atoms with Crippen LogP contribution in [0.2, 0.25) is 0 Å². The highest BCUT2D eigenvalue weighted by atomic mass is 16.5. The number of nitrogens with zero attached hydrogens (tertiary/aromatic N) is 2. The first-order valence-electron chi connectivity index (χ1n) is 7.91.